The third kappa shape index (κ3) is 4.01. The molecule has 5 heteroatoms. The highest BCUT2D eigenvalue weighted by Gasteiger charge is 2.37. The van der Waals surface area contributed by atoms with E-state index in [0.717, 1.165) is 62.3 Å². The lowest BCUT2D eigenvalue weighted by Gasteiger charge is -2.44. The molecule has 1 unspecified atom stereocenters. The minimum Gasteiger partial charge on any atom is -0.445 e. The van der Waals surface area contributed by atoms with Crippen LogP contribution in [0, 0.1) is 5.92 Å². The normalized spacial score (nSPS) is 27.9. The van der Waals surface area contributed by atoms with Gasteiger partial charge in [-0.3, -0.25) is 4.90 Å². The van der Waals surface area contributed by atoms with Crippen LogP contribution in [0.1, 0.15) is 42.9 Å². The van der Waals surface area contributed by atoms with E-state index in [1.807, 2.05) is 24.3 Å². The molecule has 3 saturated heterocycles. The molecule has 0 saturated carbocycles. The van der Waals surface area contributed by atoms with Gasteiger partial charge in [-0.15, -0.1) is 0 Å². The summed E-state index contributed by atoms with van der Waals surface area (Å²) in [6.07, 6.45) is 5.17. The summed E-state index contributed by atoms with van der Waals surface area (Å²) in [5.74, 6) is 0.534. The second-order valence-corrected chi connectivity index (χ2v) is 9.03. The standard InChI is InChI=1S/C24H27ClN2O2/c25-20-7-4-16(5-8-20)18-6-9-21-19(14-18)2-1-3-22(21)26-24(28)29-23-15-27-12-10-17(23)11-13-27/h4-9,14,17,22-23H,1-3,10-13,15H2,(H,26,28)/t22?,23-/m1/s1. The van der Waals surface area contributed by atoms with Crippen LogP contribution in [-0.2, 0) is 11.2 Å². The summed E-state index contributed by atoms with van der Waals surface area (Å²) in [6.45, 7) is 3.19. The first-order valence-corrected chi connectivity index (χ1v) is 11.1. The van der Waals surface area contributed by atoms with Crippen molar-refractivity contribution in [2.75, 3.05) is 19.6 Å². The van der Waals surface area contributed by atoms with Crippen molar-refractivity contribution in [1.29, 1.82) is 0 Å². The molecular weight excluding hydrogens is 384 g/mol. The van der Waals surface area contributed by atoms with Gasteiger partial charge in [-0.2, -0.15) is 0 Å². The van der Waals surface area contributed by atoms with Crippen LogP contribution >= 0.6 is 11.6 Å². The van der Waals surface area contributed by atoms with E-state index in [-0.39, 0.29) is 18.2 Å². The first-order chi connectivity index (χ1) is 14.2. The van der Waals surface area contributed by atoms with Crippen LogP contribution in [0.4, 0.5) is 4.79 Å². The molecule has 0 radical (unpaired) electrons. The first kappa shape index (κ1) is 19.0. The monoisotopic (exact) mass is 410 g/mol. The largest absolute Gasteiger partial charge is 0.445 e. The van der Waals surface area contributed by atoms with Gasteiger partial charge in [-0.25, -0.2) is 4.79 Å². The summed E-state index contributed by atoms with van der Waals surface area (Å²) >= 11 is 6.02. The number of halogens is 1. The number of rotatable bonds is 3. The Hall–Kier alpha value is -2.04. The van der Waals surface area contributed by atoms with Gasteiger partial charge in [0.15, 0.2) is 0 Å². The molecule has 29 heavy (non-hydrogen) atoms. The number of amides is 1. The molecule has 4 aliphatic rings. The fourth-order valence-electron chi connectivity index (χ4n) is 5.14. The molecule has 1 amide bonds. The van der Waals surface area contributed by atoms with Crippen molar-refractivity contribution >= 4 is 17.7 Å². The van der Waals surface area contributed by atoms with Crippen molar-refractivity contribution < 1.29 is 9.53 Å². The number of fused-ring (bicyclic) bond motifs is 4. The fraction of sp³-hybridized carbons (Fsp3) is 0.458. The summed E-state index contributed by atoms with van der Waals surface area (Å²) in [7, 11) is 0. The van der Waals surface area contributed by atoms with Crippen LogP contribution in [-0.4, -0.2) is 36.7 Å². The summed E-state index contributed by atoms with van der Waals surface area (Å²) in [6, 6.07) is 14.5. The smallest absolute Gasteiger partial charge is 0.407 e. The Morgan fingerprint density at radius 3 is 2.52 bits per heavy atom. The highest BCUT2D eigenvalue weighted by molar-refractivity contribution is 6.30. The number of carbonyl (C=O) groups excluding carboxylic acids is 1. The van der Waals surface area contributed by atoms with E-state index >= 15 is 0 Å². The molecule has 152 valence electrons. The molecule has 2 atom stereocenters. The van der Waals surface area contributed by atoms with Gasteiger partial charge in [0.1, 0.15) is 6.10 Å². The van der Waals surface area contributed by atoms with Gasteiger partial charge in [0, 0.05) is 11.6 Å². The number of hydrogen-bond acceptors (Lipinski definition) is 3. The summed E-state index contributed by atoms with van der Waals surface area (Å²) < 4.78 is 5.84. The first-order valence-electron chi connectivity index (χ1n) is 10.7. The average molecular weight is 411 g/mol. The minimum atomic E-state index is -0.261. The van der Waals surface area contributed by atoms with E-state index in [9.17, 15) is 4.79 Å². The SMILES string of the molecule is O=C(NC1CCCc2cc(-c3ccc(Cl)cc3)ccc21)O[C@@H]1CN2CCC1CC2. The van der Waals surface area contributed by atoms with Gasteiger partial charge in [0.2, 0.25) is 0 Å². The minimum absolute atomic E-state index is 0.0339. The highest BCUT2D eigenvalue weighted by Crippen LogP contribution is 2.34. The van der Waals surface area contributed by atoms with Crippen molar-refractivity contribution in [3.63, 3.8) is 0 Å². The van der Waals surface area contributed by atoms with Gasteiger partial charge in [-0.05, 0) is 85.5 Å². The van der Waals surface area contributed by atoms with Gasteiger partial charge in [0.05, 0.1) is 6.04 Å². The number of alkyl carbamates (subject to hydrolysis) is 1. The van der Waals surface area contributed by atoms with Crippen LogP contribution in [0.2, 0.25) is 5.02 Å². The third-order valence-corrected chi connectivity index (χ3v) is 7.03. The number of piperidine rings is 3. The van der Waals surface area contributed by atoms with Crippen LogP contribution in [0.25, 0.3) is 11.1 Å². The zero-order chi connectivity index (χ0) is 19.8. The number of benzene rings is 2. The molecule has 0 spiro atoms. The van der Waals surface area contributed by atoms with Crippen LogP contribution in [0.3, 0.4) is 0 Å². The van der Waals surface area contributed by atoms with Crippen molar-refractivity contribution in [3.05, 3.63) is 58.6 Å². The van der Waals surface area contributed by atoms with Crippen molar-refractivity contribution in [3.8, 4) is 11.1 Å². The molecular formula is C24H27ClN2O2. The number of carbonyl (C=O) groups is 1. The van der Waals surface area contributed by atoms with Crippen LogP contribution in [0.5, 0.6) is 0 Å². The molecule has 1 aliphatic carbocycles. The van der Waals surface area contributed by atoms with E-state index in [2.05, 4.69) is 28.4 Å². The van der Waals surface area contributed by atoms with E-state index in [1.54, 1.807) is 0 Å². The predicted octanol–water partition coefficient (Wildman–Crippen LogP) is 5.20. The number of hydrogen-bond donors (Lipinski definition) is 1. The number of nitrogens with one attached hydrogen (secondary N) is 1. The average Bonchev–Trinajstić information content (AvgIpc) is 2.75. The maximum Gasteiger partial charge on any atom is 0.407 e. The molecule has 2 aromatic carbocycles. The molecule has 3 fully saturated rings. The Morgan fingerprint density at radius 1 is 1.03 bits per heavy atom. The number of ether oxygens (including phenoxy) is 1. The van der Waals surface area contributed by atoms with Gasteiger partial charge in [0.25, 0.3) is 0 Å². The molecule has 2 aromatic rings. The topological polar surface area (TPSA) is 41.6 Å². The van der Waals surface area contributed by atoms with E-state index in [4.69, 9.17) is 16.3 Å². The lowest BCUT2D eigenvalue weighted by atomic mass is 9.85. The molecule has 0 aromatic heterocycles. The Morgan fingerprint density at radius 2 is 1.79 bits per heavy atom. The molecule has 3 aliphatic heterocycles. The molecule has 6 rings (SSSR count). The maximum absolute atomic E-state index is 12.6. The van der Waals surface area contributed by atoms with Gasteiger partial charge in [-0.1, -0.05) is 41.9 Å². The quantitative estimate of drug-likeness (QED) is 0.755. The summed E-state index contributed by atoms with van der Waals surface area (Å²) in [5.41, 5.74) is 4.89. The Bertz CT molecular complexity index is 890. The number of aryl methyl sites for hydroxylation is 1. The van der Waals surface area contributed by atoms with E-state index < -0.39 is 0 Å². The zero-order valence-electron chi connectivity index (χ0n) is 16.6. The summed E-state index contributed by atoms with van der Waals surface area (Å²) in [5, 5.41) is 3.90. The van der Waals surface area contributed by atoms with Crippen LogP contribution in [0.15, 0.2) is 42.5 Å². The fourth-order valence-corrected chi connectivity index (χ4v) is 5.27. The van der Waals surface area contributed by atoms with E-state index in [0.29, 0.717) is 5.92 Å². The second-order valence-electron chi connectivity index (χ2n) is 8.59. The Kier molecular flexibility index (Phi) is 5.23. The van der Waals surface area contributed by atoms with Crippen molar-refractivity contribution in [1.82, 2.24) is 10.2 Å². The number of nitrogens with zero attached hydrogens (tertiary/aromatic N) is 1. The third-order valence-electron chi connectivity index (χ3n) is 6.78. The Balaban J connectivity index is 1.28. The lowest BCUT2D eigenvalue weighted by Crippen LogP contribution is -2.52. The van der Waals surface area contributed by atoms with E-state index in [1.165, 1.54) is 16.7 Å². The Labute approximate surface area is 177 Å². The van der Waals surface area contributed by atoms with Crippen molar-refractivity contribution in [2.24, 2.45) is 5.92 Å². The lowest BCUT2D eigenvalue weighted by molar-refractivity contribution is -0.0340. The maximum atomic E-state index is 12.6. The second kappa shape index (κ2) is 8.00. The molecule has 4 nitrogen and oxygen atoms in total. The molecule has 2 bridgehead atoms. The van der Waals surface area contributed by atoms with Gasteiger partial charge >= 0.3 is 6.09 Å². The zero-order valence-corrected chi connectivity index (χ0v) is 17.3. The highest BCUT2D eigenvalue weighted by atomic mass is 35.5. The molecule has 1 N–H and O–H groups in total. The summed E-state index contributed by atoms with van der Waals surface area (Å²) in [4.78, 5) is 15.0. The predicted molar refractivity (Wildman–Crippen MR) is 115 cm³/mol. The van der Waals surface area contributed by atoms with Crippen molar-refractivity contribution in [2.45, 2.75) is 44.2 Å². The molecule has 3 heterocycles. The van der Waals surface area contributed by atoms with Crippen LogP contribution < -0.4 is 5.32 Å². The van der Waals surface area contributed by atoms with Gasteiger partial charge < -0.3 is 10.1 Å².